The van der Waals surface area contributed by atoms with Crippen LogP contribution in [0.3, 0.4) is 0 Å². The predicted octanol–water partition coefficient (Wildman–Crippen LogP) is 4.01. The molecule has 0 radical (unpaired) electrons. The van der Waals surface area contributed by atoms with E-state index in [1.165, 1.54) is 12.1 Å². The largest absolute Gasteiger partial charge is 0.296 e. The molecule has 2 rings (SSSR count). The fourth-order valence-corrected chi connectivity index (χ4v) is 2.55. The highest BCUT2D eigenvalue weighted by atomic mass is 19.3. The summed E-state index contributed by atoms with van der Waals surface area (Å²) < 4.78 is 40.0. The number of halogens is 3. The van der Waals surface area contributed by atoms with Gasteiger partial charge in [0, 0.05) is 25.4 Å². The summed E-state index contributed by atoms with van der Waals surface area (Å²) in [4.78, 5) is 2.07. The van der Waals surface area contributed by atoms with Gasteiger partial charge in [0.25, 0.3) is 5.92 Å². The summed E-state index contributed by atoms with van der Waals surface area (Å²) in [7, 11) is 0. The molecule has 1 saturated heterocycles. The van der Waals surface area contributed by atoms with Gasteiger partial charge in [0.15, 0.2) is 0 Å². The molecule has 0 amide bonds. The lowest BCUT2D eigenvalue weighted by atomic mass is 9.92. The molecule has 0 unspecified atom stereocenters. The highest BCUT2D eigenvalue weighted by molar-refractivity contribution is 5.21. The molecule has 0 aliphatic carbocycles. The Hall–Kier alpha value is -1.03. The van der Waals surface area contributed by atoms with Crippen molar-refractivity contribution in [2.45, 2.75) is 38.2 Å². The number of hydrogen-bond acceptors (Lipinski definition) is 1. The Morgan fingerprint density at radius 3 is 2.56 bits per heavy atom. The smallest absolute Gasteiger partial charge is 0.251 e. The number of likely N-dealkylation sites (tertiary alicyclic amines) is 1. The van der Waals surface area contributed by atoms with Crippen molar-refractivity contribution in [3.8, 4) is 0 Å². The van der Waals surface area contributed by atoms with Crippen molar-refractivity contribution in [2.75, 3.05) is 13.1 Å². The zero-order valence-corrected chi connectivity index (χ0v) is 10.5. The first-order chi connectivity index (χ1) is 8.52. The van der Waals surface area contributed by atoms with Crippen molar-refractivity contribution in [3.05, 3.63) is 35.6 Å². The van der Waals surface area contributed by atoms with Crippen LogP contribution in [0.2, 0.25) is 0 Å². The second-order valence-corrected chi connectivity index (χ2v) is 4.91. The molecule has 0 spiro atoms. The van der Waals surface area contributed by atoms with Crippen LogP contribution in [-0.4, -0.2) is 23.9 Å². The Labute approximate surface area is 106 Å². The minimum Gasteiger partial charge on any atom is -0.296 e. The molecule has 0 N–H and O–H groups in total. The minimum absolute atomic E-state index is 0.0787. The second kappa shape index (κ2) is 5.31. The van der Waals surface area contributed by atoms with Gasteiger partial charge in [-0.05, 0) is 30.7 Å². The van der Waals surface area contributed by atoms with E-state index < -0.39 is 5.92 Å². The number of piperidine rings is 1. The summed E-state index contributed by atoms with van der Waals surface area (Å²) >= 11 is 0. The van der Waals surface area contributed by atoms with Crippen molar-refractivity contribution in [2.24, 2.45) is 0 Å². The summed E-state index contributed by atoms with van der Waals surface area (Å²) in [5.74, 6) is -2.94. The van der Waals surface area contributed by atoms with Crippen LogP contribution < -0.4 is 0 Å². The molecule has 1 aliphatic rings. The lowest BCUT2D eigenvalue weighted by molar-refractivity contribution is -0.0792. The fraction of sp³-hybridized carbons (Fsp3) is 0.571. The standard InChI is InChI=1S/C14H18F3N/c1-2-8-18-9-7-14(16,17)10-13(18)11-3-5-12(15)6-4-11/h3-6,13H,2,7-10H2,1H3/t13-/m0/s1. The van der Waals surface area contributed by atoms with Crippen LogP contribution in [0.15, 0.2) is 24.3 Å². The summed E-state index contributed by atoms with van der Waals surface area (Å²) in [6, 6.07) is 5.61. The van der Waals surface area contributed by atoms with E-state index in [0.717, 1.165) is 18.5 Å². The third-order valence-electron chi connectivity index (χ3n) is 3.46. The van der Waals surface area contributed by atoms with Crippen molar-refractivity contribution in [1.29, 1.82) is 0 Å². The Morgan fingerprint density at radius 1 is 1.28 bits per heavy atom. The Balaban J connectivity index is 2.21. The van der Waals surface area contributed by atoms with E-state index in [1.54, 1.807) is 12.1 Å². The first kappa shape index (κ1) is 13.4. The molecule has 1 heterocycles. The topological polar surface area (TPSA) is 3.24 Å². The zero-order valence-electron chi connectivity index (χ0n) is 10.5. The molecule has 18 heavy (non-hydrogen) atoms. The van der Waals surface area contributed by atoms with Crippen LogP contribution in [0.5, 0.6) is 0 Å². The van der Waals surface area contributed by atoms with Crippen LogP contribution in [0.25, 0.3) is 0 Å². The maximum Gasteiger partial charge on any atom is 0.251 e. The Morgan fingerprint density at radius 2 is 1.94 bits per heavy atom. The molecule has 1 aromatic carbocycles. The summed E-state index contributed by atoms with van der Waals surface area (Å²) in [6.07, 6.45) is 0.687. The predicted molar refractivity (Wildman–Crippen MR) is 65.2 cm³/mol. The third kappa shape index (κ3) is 3.05. The number of benzene rings is 1. The van der Waals surface area contributed by atoms with E-state index in [-0.39, 0.29) is 24.7 Å². The molecule has 0 bridgehead atoms. The maximum atomic E-state index is 13.5. The van der Waals surface area contributed by atoms with Crippen molar-refractivity contribution in [3.63, 3.8) is 0 Å². The number of nitrogens with zero attached hydrogens (tertiary/aromatic N) is 1. The van der Waals surface area contributed by atoms with E-state index >= 15 is 0 Å². The molecular weight excluding hydrogens is 239 g/mol. The molecule has 4 heteroatoms. The molecule has 1 aromatic rings. The van der Waals surface area contributed by atoms with Crippen molar-refractivity contribution >= 4 is 0 Å². The van der Waals surface area contributed by atoms with Crippen LogP contribution in [-0.2, 0) is 0 Å². The van der Waals surface area contributed by atoms with Gasteiger partial charge in [-0.3, -0.25) is 4.90 Å². The average molecular weight is 257 g/mol. The number of alkyl halides is 2. The quantitative estimate of drug-likeness (QED) is 0.791. The molecule has 1 fully saturated rings. The molecule has 1 atom stereocenters. The van der Waals surface area contributed by atoms with Crippen molar-refractivity contribution < 1.29 is 13.2 Å². The van der Waals surface area contributed by atoms with Crippen molar-refractivity contribution in [1.82, 2.24) is 4.90 Å². The first-order valence-electron chi connectivity index (χ1n) is 6.39. The van der Waals surface area contributed by atoms with E-state index in [1.807, 2.05) is 6.92 Å². The van der Waals surface area contributed by atoms with E-state index in [4.69, 9.17) is 0 Å². The molecule has 0 saturated carbocycles. The van der Waals surface area contributed by atoms with Crippen LogP contribution in [0.1, 0.15) is 37.8 Å². The SMILES string of the molecule is CCCN1CCC(F)(F)C[C@H]1c1ccc(F)cc1. The minimum atomic E-state index is -2.61. The van der Waals surface area contributed by atoms with Gasteiger partial charge in [0.2, 0.25) is 0 Å². The monoisotopic (exact) mass is 257 g/mol. The van der Waals surface area contributed by atoms with Gasteiger partial charge in [-0.15, -0.1) is 0 Å². The summed E-state index contributed by atoms with van der Waals surface area (Å²) in [6.45, 7) is 3.25. The molecule has 0 aromatic heterocycles. The number of hydrogen-bond donors (Lipinski definition) is 0. The van der Waals surface area contributed by atoms with E-state index in [0.29, 0.717) is 6.54 Å². The zero-order chi connectivity index (χ0) is 13.2. The van der Waals surface area contributed by atoms with Gasteiger partial charge in [-0.2, -0.15) is 0 Å². The molecule has 1 aliphatic heterocycles. The van der Waals surface area contributed by atoms with E-state index in [9.17, 15) is 13.2 Å². The third-order valence-corrected chi connectivity index (χ3v) is 3.46. The van der Waals surface area contributed by atoms with Gasteiger partial charge >= 0.3 is 0 Å². The van der Waals surface area contributed by atoms with Gasteiger partial charge in [-0.1, -0.05) is 19.1 Å². The molecular formula is C14H18F3N. The van der Waals surface area contributed by atoms with Gasteiger partial charge < -0.3 is 0 Å². The lowest BCUT2D eigenvalue weighted by Crippen LogP contribution is -2.42. The Bertz CT molecular complexity index is 389. The number of rotatable bonds is 3. The highest BCUT2D eigenvalue weighted by Crippen LogP contribution is 2.39. The second-order valence-electron chi connectivity index (χ2n) is 4.91. The van der Waals surface area contributed by atoms with Gasteiger partial charge in [0.1, 0.15) is 5.82 Å². The molecule has 100 valence electrons. The van der Waals surface area contributed by atoms with E-state index in [2.05, 4.69) is 4.90 Å². The van der Waals surface area contributed by atoms with Crippen LogP contribution in [0, 0.1) is 5.82 Å². The summed E-state index contributed by atoms with van der Waals surface area (Å²) in [5, 5.41) is 0. The summed E-state index contributed by atoms with van der Waals surface area (Å²) in [5.41, 5.74) is 0.782. The highest BCUT2D eigenvalue weighted by Gasteiger charge is 2.40. The maximum absolute atomic E-state index is 13.5. The normalized spacial score (nSPS) is 24.1. The fourth-order valence-electron chi connectivity index (χ4n) is 2.55. The molecule has 1 nitrogen and oxygen atoms in total. The Kier molecular flexibility index (Phi) is 3.95. The van der Waals surface area contributed by atoms with Crippen LogP contribution in [0.4, 0.5) is 13.2 Å². The van der Waals surface area contributed by atoms with Crippen LogP contribution >= 0.6 is 0 Å². The van der Waals surface area contributed by atoms with Gasteiger partial charge in [-0.25, -0.2) is 13.2 Å². The first-order valence-corrected chi connectivity index (χ1v) is 6.39. The lowest BCUT2D eigenvalue weighted by Gasteiger charge is -2.39. The van der Waals surface area contributed by atoms with Gasteiger partial charge in [0.05, 0.1) is 0 Å². The average Bonchev–Trinajstić information content (AvgIpc) is 2.32.